The number of carboxylic acid groups (broad SMARTS) is 1. The van der Waals surface area contributed by atoms with Gasteiger partial charge in [-0.15, -0.1) is 5.92 Å². The molecule has 1 heterocycles. The minimum absolute atomic E-state index is 0.0875. The summed E-state index contributed by atoms with van der Waals surface area (Å²) in [6.07, 6.45) is 15.6. The van der Waals surface area contributed by atoms with Crippen molar-refractivity contribution in [2.75, 3.05) is 53.8 Å². The van der Waals surface area contributed by atoms with E-state index < -0.39 is 41.1 Å². The lowest BCUT2D eigenvalue weighted by atomic mass is 9.83. The average molecular weight is 759 g/mol. The van der Waals surface area contributed by atoms with Gasteiger partial charge in [0, 0.05) is 59.7 Å². The Labute approximate surface area is 323 Å². The van der Waals surface area contributed by atoms with Crippen molar-refractivity contribution in [2.45, 2.75) is 128 Å². The maximum atomic E-state index is 13.9. The molecule has 0 aromatic heterocycles. The monoisotopic (exact) mass is 758 g/mol. The van der Waals surface area contributed by atoms with Crippen molar-refractivity contribution in [1.29, 1.82) is 0 Å². The van der Waals surface area contributed by atoms with Crippen LogP contribution in [-0.2, 0) is 39.8 Å². The number of nitrogens with one attached hydrogen (secondary N) is 2. The van der Waals surface area contributed by atoms with Crippen molar-refractivity contribution >= 4 is 17.8 Å². The SMILES string of the molecule is CC#CCOc1ccc(C[C@H](NC(=O)C(C=CCCCCCCC2(CCCCCCC)OCCO2)C(O)(CCOC)C(=O)O)C(=O)NCCCOC)cc1. The van der Waals surface area contributed by atoms with Crippen LogP contribution in [0, 0.1) is 17.8 Å². The molecule has 54 heavy (non-hydrogen) atoms. The Hall–Kier alpha value is -3.47. The second-order valence-electron chi connectivity index (χ2n) is 13.9. The fraction of sp³-hybridized carbons (Fsp3) is 0.690. The first-order valence-electron chi connectivity index (χ1n) is 19.7. The molecule has 3 atom stereocenters. The van der Waals surface area contributed by atoms with Crippen LogP contribution in [0.3, 0.4) is 0 Å². The molecule has 1 aliphatic rings. The normalized spacial score (nSPS) is 15.9. The van der Waals surface area contributed by atoms with Crippen molar-refractivity contribution < 1.29 is 48.3 Å². The zero-order chi connectivity index (χ0) is 39.5. The molecule has 0 radical (unpaired) electrons. The van der Waals surface area contributed by atoms with Crippen LogP contribution in [0.1, 0.15) is 109 Å². The molecular weight excluding hydrogens is 692 g/mol. The Morgan fingerprint density at radius 2 is 1.57 bits per heavy atom. The largest absolute Gasteiger partial charge is 0.481 e. The van der Waals surface area contributed by atoms with Gasteiger partial charge in [-0.25, -0.2) is 4.79 Å². The molecule has 0 saturated carbocycles. The molecule has 1 aliphatic heterocycles. The number of allylic oxidation sites excluding steroid dienone is 1. The van der Waals surface area contributed by atoms with Gasteiger partial charge in [0.15, 0.2) is 11.4 Å². The number of methoxy groups -OCH3 is 2. The van der Waals surface area contributed by atoms with Gasteiger partial charge >= 0.3 is 5.97 Å². The van der Waals surface area contributed by atoms with E-state index in [1.807, 2.05) is 0 Å². The summed E-state index contributed by atoms with van der Waals surface area (Å²) in [7, 11) is 2.97. The topological polar surface area (TPSA) is 162 Å². The Bertz CT molecular complexity index is 1300. The fourth-order valence-corrected chi connectivity index (χ4v) is 6.44. The minimum Gasteiger partial charge on any atom is -0.481 e. The number of amides is 2. The van der Waals surface area contributed by atoms with Crippen LogP contribution in [-0.4, -0.2) is 99.2 Å². The predicted octanol–water partition coefficient (Wildman–Crippen LogP) is 5.74. The predicted molar refractivity (Wildman–Crippen MR) is 208 cm³/mol. The van der Waals surface area contributed by atoms with Gasteiger partial charge in [0.05, 0.1) is 19.1 Å². The highest BCUT2D eigenvalue weighted by Gasteiger charge is 2.47. The number of rotatable bonds is 30. The highest BCUT2D eigenvalue weighted by atomic mass is 16.7. The Morgan fingerprint density at radius 3 is 2.19 bits per heavy atom. The summed E-state index contributed by atoms with van der Waals surface area (Å²) in [6.45, 7) is 6.14. The van der Waals surface area contributed by atoms with Crippen molar-refractivity contribution in [1.82, 2.24) is 10.6 Å². The molecule has 1 saturated heterocycles. The van der Waals surface area contributed by atoms with Crippen molar-refractivity contribution in [3.8, 4) is 17.6 Å². The Balaban J connectivity index is 2.11. The van der Waals surface area contributed by atoms with Crippen LogP contribution in [0.4, 0.5) is 0 Å². The quantitative estimate of drug-likeness (QED) is 0.0433. The summed E-state index contributed by atoms with van der Waals surface area (Å²) in [6, 6.07) is 6.04. The molecule has 1 aromatic carbocycles. The van der Waals surface area contributed by atoms with Crippen molar-refractivity contribution in [3.05, 3.63) is 42.0 Å². The number of hydrogen-bond donors (Lipinski definition) is 4. The lowest BCUT2D eigenvalue weighted by molar-refractivity contribution is -0.169. The van der Waals surface area contributed by atoms with Crippen LogP contribution < -0.4 is 15.4 Å². The fourth-order valence-electron chi connectivity index (χ4n) is 6.44. The third kappa shape index (κ3) is 17.3. The van der Waals surface area contributed by atoms with Crippen molar-refractivity contribution in [3.63, 3.8) is 0 Å². The summed E-state index contributed by atoms with van der Waals surface area (Å²) >= 11 is 0. The summed E-state index contributed by atoms with van der Waals surface area (Å²) in [5.74, 6) is 1.49. The molecule has 12 heteroatoms. The lowest BCUT2D eigenvalue weighted by Gasteiger charge is -2.31. The number of unbranched alkanes of at least 4 members (excludes halogenated alkanes) is 8. The van der Waals surface area contributed by atoms with E-state index in [2.05, 4.69) is 29.4 Å². The van der Waals surface area contributed by atoms with Gasteiger partial charge in [0.25, 0.3) is 0 Å². The highest BCUT2D eigenvalue weighted by molar-refractivity contribution is 5.93. The molecule has 4 N–H and O–H groups in total. The molecule has 0 spiro atoms. The van der Waals surface area contributed by atoms with Gasteiger partial charge in [0.2, 0.25) is 11.8 Å². The molecule has 2 unspecified atom stereocenters. The number of aliphatic hydroxyl groups is 1. The lowest BCUT2D eigenvalue weighted by Crippen LogP contribution is -2.56. The zero-order valence-corrected chi connectivity index (χ0v) is 33.1. The third-order valence-electron chi connectivity index (χ3n) is 9.64. The maximum absolute atomic E-state index is 13.9. The second kappa shape index (κ2) is 27.2. The standard InChI is InChI=1S/C42H66N2O10/c1-5-7-9-13-16-24-41(53-31-32-54-41)25-17-14-11-10-12-15-19-36(42(49,40(47)48)26-30-51-4)38(45)44-37(39(46)43-27-18-28-50-3)33-34-20-22-35(23-21-34)52-29-8-6-2/h15,19-23,36-37,49H,5,7,9-14,16-18,24-33H2,1-4H3,(H,43,46)(H,44,45)(H,47,48)/t36?,37-,42?/m0/s1. The van der Waals surface area contributed by atoms with E-state index in [-0.39, 0.29) is 26.1 Å². The maximum Gasteiger partial charge on any atom is 0.336 e. The number of benzene rings is 1. The van der Waals surface area contributed by atoms with E-state index in [1.54, 1.807) is 44.4 Å². The number of ether oxygens (including phenoxy) is 5. The average Bonchev–Trinajstić information content (AvgIpc) is 3.63. The summed E-state index contributed by atoms with van der Waals surface area (Å²) < 4.78 is 27.9. The summed E-state index contributed by atoms with van der Waals surface area (Å²) in [5.41, 5.74) is -1.73. The number of aliphatic carboxylic acids is 1. The number of carbonyl (C=O) groups is 3. The van der Waals surface area contributed by atoms with Gasteiger partial charge in [0.1, 0.15) is 18.4 Å². The highest BCUT2D eigenvalue weighted by Crippen LogP contribution is 2.32. The van der Waals surface area contributed by atoms with E-state index in [1.165, 1.54) is 38.9 Å². The first-order valence-corrected chi connectivity index (χ1v) is 19.7. The van der Waals surface area contributed by atoms with Gasteiger partial charge in [-0.3, -0.25) is 9.59 Å². The first kappa shape index (κ1) is 46.7. The van der Waals surface area contributed by atoms with Gasteiger partial charge < -0.3 is 44.5 Å². The Morgan fingerprint density at radius 1 is 0.926 bits per heavy atom. The van der Waals surface area contributed by atoms with E-state index >= 15 is 0 Å². The van der Waals surface area contributed by atoms with Crippen LogP contribution in [0.2, 0.25) is 0 Å². The first-order chi connectivity index (χ1) is 26.1. The molecule has 0 aliphatic carbocycles. The summed E-state index contributed by atoms with van der Waals surface area (Å²) in [5, 5.41) is 27.2. The van der Waals surface area contributed by atoms with Crippen LogP contribution in [0.5, 0.6) is 5.75 Å². The molecule has 12 nitrogen and oxygen atoms in total. The van der Waals surface area contributed by atoms with Crippen molar-refractivity contribution in [2.24, 2.45) is 5.92 Å². The molecule has 2 amide bonds. The van der Waals surface area contributed by atoms with E-state index in [4.69, 9.17) is 23.7 Å². The molecule has 1 aromatic rings. The van der Waals surface area contributed by atoms with E-state index in [9.17, 15) is 24.6 Å². The van der Waals surface area contributed by atoms with Gasteiger partial charge in [-0.05, 0) is 56.7 Å². The zero-order valence-electron chi connectivity index (χ0n) is 33.1. The van der Waals surface area contributed by atoms with E-state index in [0.29, 0.717) is 45.0 Å². The number of carbonyl (C=O) groups excluding carboxylic acids is 2. The van der Waals surface area contributed by atoms with Crippen LogP contribution in [0.15, 0.2) is 36.4 Å². The third-order valence-corrected chi connectivity index (χ3v) is 9.64. The molecule has 2 rings (SSSR count). The van der Waals surface area contributed by atoms with Crippen LogP contribution >= 0.6 is 0 Å². The molecular formula is C42H66N2O10. The van der Waals surface area contributed by atoms with Crippen LogP contribution in [0.25, 0.3) is 0 Å². The second-order valence-corrected chi connectivity index (χ2v) is 13.9. The molecule has 0 bridgehead atoms. The summed E-state index contributed by atoms with van der Waals surface area (Å²) in [4.78, 5) is 39.9. The minimum atomic E-state index is -2.47. The molecule has 1 fully saturated rings. The Kier molecular flexibility index (Phi) is 23.5. The number of carboxylic acids is 1. The van der Waals surface area contributed by atoms with Gasteiger partial charge in [-0.1, -0.05) is 75.7 Å². The smallest absolute Gasteiger partial charge is 0.336 e. The van der Waals surface area contributed by atoms with Gasteiger partial charge in [-0.2, -0.15) is 0 Å². The number of hydrogen-bond acceptors (Lipinski definition) is 9. The molecule has 304 valence electrons. The van der Waals surface area contributed by atoms with E-state index in [0.717, 1.165) is 50.5 Å².